The van der Waals surface area contributed by atoms with Gasteiger partial charge in [0.25, 0.3) is 0 Å². The van der Waals surface area contributed by atoms with Gasteiger partial charge < -0.3 is 4.90 Å². The zero-order valence-corrected chi connectivity index (χ0v) is 15.9. The second kappa shape index (κ2) is 7.32. The Bertz CT molecular complexity index is 553. The van der Waals surface area contributed by atoms with Crippen LogP contribution in [0.15, 0.2) is 0 Å². The van der Waals surface area contributed by atoms with Gasteiger partial charge in [0, 0.05) is 30.9 Å². The Hall–Kier alpha value is -0.620. The van der Waals surface area contributed by atoms with E-state index < -0.39 is 9.84 Å². The van der Waals surface area contributed by atoms with E-state index in [-0.39, 0.29) is 29.7 Å². The van der Waals surface area contributed by atoms with E-state index in [0.717, 1.165) is 32.4 Å². The fourth-order valence-corrected chi connectivity index (χ4v) is 5.64. The van der Waals surface area contributed by atoms with Crippen LogP contribution >= 0.6 is 0 Å². The minimum atomic E-state index is -3.06. The third kappa shape index (κ3) is 4.51. The summed E-state index contributed by atoms with van der Waals surface area (Å²) in [6, 6.07) is 0.737. The Morgan fingerprint density at radius 3 is 2.38 bits per heavy atom. The van der Waals surface area contributed by atoms with E-state index in [4.69, 9.17) is 0 Å². The van der Waals surface area contributed by atoms with E-state index in [2.05, 4.69) is 4.90 Å². The summed E-state index contributed by atoms with van der Waals surface area (Å²) in [4.78, 5) is 17.5. The zero-order valence-electron chi connectivity index (χ0n) is 15.1. The van der Waals surface area contributed by atoms with Crippen molar-refractivity contribution in [1.29, 1.82) is 0 Å². The minimum absolute atomic E-state index is 0.0644. The van der Waals surface area contributed by atoms with Crippen molar-refractivity contribution < 1.29 is 13.2 Å². The smallest absolute Gasteiger partial charge is 0.227 e. The zero-order chi connectivity index (χ0) is 17.3. The van der Waals surface area contributed by atoms with Gasteiger partial charge in [-0.15, -0.1) is 0 Å². The van der Waals surface area contributed by atoms with Gasteiger partial charge in [0.1, 0.15) is 9.84 Å². The highest BCUT2D eigenvalue weighted by Gasteiger charge is 2.42. The first kappa shape index (κ1) is 18.2. The molecule has 2 aliphatic carbocycles. The Kier molecular flexibility index (Phi) is 5.55. The summed E-state index contributed by atoms with van der Waals surface area (Å²) >= 11 is 0. The molecule has 0 aromatic heterocycles. The molecule has 5 nitrogen and oxygen atoms in total. The number of rotatable bonds is 6. The SMILES string of the molecule is C[C@@H](CS(C)(=O)=O)N(C(=O)[C@H]1CCN(C2CCCCC2)C1)C1CC1. The van der Waals surface area contributed by atoms with Crippen LogP contribution in [-0.2, 0) is 14.6 Å². The van der Waals surface area contributed by atoms with Gasteiger partial charge in [-0.1, -0.05) is 19.3 Å². The van der Waals surface area contributed by atoms with Crippen LogP contribution in [-0.4, -0.2) is 67.3 Å². The minimum Gasteiger partial charge on any atom is -0.336 e. The summed E-state index contributed by atoms with van der Waals surface area (Å²) in [6.07, 6.45) is 10.8. The molecule has 138 valence electrons. The maximum atomic E-state index is 13.1. The van der Waals surface area contributed by atoms with E-state index >= 15 is 0 Å². The molecule has 3 fully saturated rings. The average Bonchev–Trinajstić information content (AvgIpc) is 3.21. The predicted molar refractivity (Wildman–Crippen MR) is 95.6 cm³/mol. The molecule has 3 aliphatic rings. The largest absolute Gasteiger partial charge is 0.336 e. The van der Waals surface area contributed by atoms with E-state index in [1.165, 1.54) is 38.4 Å². The first-order chi connectivity index (χ1) is 11.3. The molecular formula is C18H32N2O3S. The molecule has 2 saturated carbocycles. The van der Waals surface area contributed by atoms with Gasteiger partial charge in [-0.3, -0.25) is 9.69 Å². The lowest BCUT2D eigenvalue weighted by Gasteiger charge is -2.33. The second-order valence-electron chi connectivity index (χ2n) is 8.19. The van der Waals surface area contributed by atoms with E-state index in [1.807, 2.05) is 11.8 Å². The molecule has 1 amide bonds. The van der Waals surface area contributed by atoms with Crippen LogP contribution < -0.4 is 0 Å². The number of sulfone groups is 1. The van der Waals surface area contributed by atoms with Gasteiger partial charge in [-0.05, 0) is 45.6 Å². The summed E-state index contributed by atoms with van der Waals surface area (Å²) in [5.41, 5.74) is 0. The standard InChI is InChI=1S/C18H32N2O3S/c1-14(13-24(2,22)23)20(17-8-9-17)18(21)15-10-11-19(12-15)16-6-4-3-5-7-16/h14-17H,3-13H2,1-2H3/t14-,15-/m0/s1. The topological polar surface area (TPSA) is 57.7 Å². The molecule has 1 heterocycles. The number of amides is 1. The maximum absolute atomic E-state index is 13.1. The number of carbonyl (C=O) groups is 1. The van der Waals surface area contributed by atoms with E-state index in [0.29, 0.717) is 6.04 Å². The summed E-state index contributed by atoms with van der Waals surface area (Å²) in [5.74, 6) is 0.343. The average molecular weight is 357 g/mol. The molecule has 0 aromatic carbocycles. The number of hydrogen-bond donors (Lipinski definition) is 0. The summed E-state index contributed by atoms with van der Waals surface area (Å²) in [7, 11) is -3.06. The van der Waals surface area contributed by atoms with Crippen LogP contribution in [0.4, 0.5) is 0 Å². The molecule has 0 spiro atoms. The highest BCUT2D eigenvalue weighted by Crippen LogP contribution is 2.34. The van der Waals surface area contributed by atoms with Crippen LogP contribution in [0.2, 0.25) is 0 Å². The molecule has 0 N–H and O–H groups in total. The number of hydrogen-bond acceptors (Lipinski definition) is 4. The van der Waals surface area contributed by atoms with Crippen LogP contribution in [0.25, 0.3) is 0 Å². The Morgan fingerprint density at radius 1 is 1.12 bits per heavy atom. The summed E-state index contributed by atoms with van der Waals surface area (Å²) in [6.45, 7) is 3.80. The molecule has 6 heteroatoms. The van der Waals surface area contributed by atoms with Crippen molar-refractivity contribution in [2.45, 2.75) is 76.4 Å². The van der Waals surface area contributed by atoms with Gasteiger partial charge in [0.2, 0.25) is 5.91 Å². The van der Waals surface area contributed by atoms with Crippen LogP contribution in [0.1, 0.15) is 58.3 Å². The molecule has 0 unspecified atom stereocenters. The number of likely N-dealkylation sites (tertiary alicyclic amines) is 1. The molecule has 0 radical (unpaired) electrons. The molecule has 3 rings (SSSR count). The van der Waals surface area contributed by atoms with Crippen molar-refractivity contribution in [1.82, 2.24) is 9.80 Å². The highest BCUT2D eigenvalue weighted by molar-refractivity contribution is 7.90. The fourth-order valence-electron chi connectivity index (χ4n) is 4.61. The van der Waals surface area contributed by atoms with Crippen molar-refractivity contribution in [3.05, 3.63) is 0 Å². The lowest BCUT2D eigenvalue weighted by Crippen LogP contribution is -2.47. The van der Waals surface area contributed by atoms with Gasteiger partial charge in [-0.25, -0.2) is 8.42 Å². The second-order valence-corrected chi connectivity index (χ2v) is 10.4. The van der Waals surface area contributed by atoms with Crippen LogP contribution in [0.5, 0.6) is 0 Å². The molecule has 0 bridgehead atoms. The normalized spacial score (nSPS) is 28.0. The van der Waals surface area contributed by atoms with Crippen molar-refractivity contribution in [2.75, 3.05) is 25.1 Å². The lowest BCUT2D eigenvalue weighted by molar-refractivity contribution is -0.137. The Balaban J connectivity index is 1.61. The quantitative estimate of drug-likeness (QED) is 0.731. The first-order valence-electron chi connectivity index (χ1n) is 9.59. The summed E-state index contributed by atoms with van der Waals surface area (Å²) < 4.78 is 23.3. The van der Waals surface area contributed by atoms with Crippen molar-refractivity contribution in [3.8, 4) is 0 Å². The summed E-state index contributed by atoms with van der Waals surface area (Å²) in [5, 5.41) is 0. The van der Waals surface area contributed by atoms with Crippen molar-refractivity contribution in [2.24, 2.45) is 5.92 Å². The Labute approximate surface area is 146 Å². The molecule has 24 heavy (non-hydrogen) atoms. The van der Waals surface area contributed by atoms with Crippen molar-refractivity contribution in [3.63, 3.8) is 0 Å². The fraction of sp³-hybridized carbons (Fsp3) is 0.944. The van der Waals surface area contributed by atoms with Crippen LogP contribution in [0.3, 0.4) is 0 Å². The lowest BCUT2D eigenvalue weighted by atomic mass is 9.94. The van der Waals surface area contributed by atoms with E-state index in [9.17, 15) is 13.2 Å². The van der Waals surface area contributed by atoms with Gasteiger partial charge in [0.05, 0.1) is 11.7 Å². The van der Waals surface area contributed by atoms with Crippen molar-refractivity contribution >= 4 is 15.7 Å². The highest BCUT2D eigenvalue weighted by atomic mass is 32.2. The predicted octanol–water partition coefficient (Wildman–Crippen LogP) is 2.07. The molecule has 1 saturated heterocycles. The third-order valence-corrected chi connectivity index (χ3v) is 6.96. The number of carbonyl (C=O) groups excluding carboxylic acids is 1. The van der Waals surface area contributed by atoms with E-state index in [1.54, 1.807) is 0 Å². The van der Waals surface area contributed by atoms with Gasteiger partial charge in [0.15, 0.2) is 0 Å². The molecule has 0 aromatic rings. The van der Waals surface area contributed by atoms with Crippen LogP contribution in [0, 0.1) is 5.92 Å². The third-order valence-electron chi connectivity index (χ3n) is 5.87. The Morgan fingerprint density at radius 2 is 1.79 bits per heavy atom. The monoisotopic (exact) mass is 356 g/mol. The number of nitrogens with zero attached hydrogens (tertiary/aromatic N) is 2. The van der Waals surface area contributed by atoms with Gasteiger partial charge >= 0.3 is 0 Å². The molecule has 1 aliphatic heterocycles. The first-order valence-corrected chi connectivity index (χ1v) is 11.6. The maximum Gasteiger partial charge on any atom is 0.227 e. The molecule has 2 atom stereocenters. The van der Waals surface area contributed by atoms with Gasteiger partial charge in [-0.2, -0.15) is 0 Å². The molecular weight excluding hydrogens is 324 g/mol.